The molecule has 0 aliphatic heterocycles. The van der Waals surface area contributed by atoms with Gasteiger partial charge in [0.2, 0.25) is 0 Å². The first-order valence-corrected chi connectivity index (χ1v) is 7.42. The van der Waals surface area contributed by atoms with E-state index in [-0.39, 0.29) is 0 Å². The van der Waals surface area contributed by atoms with Crippen molar-refractivity contribution in [3.8, 4) is 5.75 Å². The fraction of sp³-hybridized carbons (Fsp3) is 0.625. The fourth-order valence-electron chi connectivity index (χ4n) is 2.56. The summed E-state index contributed by atoms with van der Waals surface area (Å²) < 4.78 is 5.40. The molecular formula is C16H25ClO. The van der Waals surface area contributed by atoms with Gasteiger partial charge in [0.05, 0.1) is 7.11 Å². The first-order valence-electron chi connectivity index (χ1n) is 6.89. The van der Waals surface area contributed by atoms with E-state index in [1.165, 1.54) is 24.8 Å². The number of para-hydroxylation sites is 1. The molecule has 2 heteroatoms. The second-order valence-corrected chi connectivity index (χ2v) is 5.47. The van der Waals surface area contributed by atoms with Gasteiger partial charge in [-0.25, -0.2) is 0 Å². The normalized spacial score (nSPS) is 14.2. The van der Waals surface area contributed by atoms with Gasteiger partial charge in [-0.05, 0) is 36.3 Å². The molecule has 0 aliphatic rings. The zero-order chi connectivity index (χ0) is 13.4. The number of benzene rings is 1. The minimum atomic E-state index is 0.546. The van der Waals surface area contributed by atoms with Gasteiger partial charge in [-0.2, -0.15) is 0 Å². The van der Waals surface area contributed by atoms with Crippen molar-refractivity contribution in [2.24, 2.45) is 11.8 Å². The molecule has 0 N–H and O–H groups in total. The quantitative estimate of drug-likeness (QED) is 0.608. The number of hydrogen-bond donors (Lipinski definition) is 0. The van der Waals surface area contributed by atoms with Crippen molar-refractivity contribution in [2.45, 2.75) is 39.5 Å². The summed E-state index contributed by atoms with van der Waals surface area (Å²) >= 11 is 6.12. The van der Waals surface area contributed by atoms with E-state index in [4.69, 9.17) is 16.3 Å². The highest BCUT2D eigenvalue weighted by atomic mass is 35.5. The minimum absolute atomic E-state index is 0.546. The first kappa shape index (κ1) is 15.4. The van der Waals surface area contributed by atoms with Crippen LogP contribution in [-0.4, -0.2) is 13.0 Å². The molecule has 1 aromatic rings. The number of hydrogen-bond acceptors (Lipinski definition) is 1. The third kappa shape index (κ3) is 4.89. The number of halogens is 1. The molecule has 0 aliphatic carbocycles. The summed E-state index contributed by atoms with van der Waals surface area (Å²) in [6, 6.07) is 8.25. The van der Waals surface area contributed by atoms with Crippen molar-refractivity contribution in [3.63, 3.8) is 0 Å². The van der Waals surface area contributed by atoms with Gasteiger partial charge in [-0.15, -0.1) is 11.6 Å². The molecule has 2 unspecified atom stereocenters. The Kier molecular flexibility index (Phi) is 7.19. The SMILES string of the molecule is CCCC(C)CC(CCl)Cc1ccccc1OC. The maximum atomic E-state index is 6.12. The zero-order valence-corrected chi connectivity index (χ0v) is 12.5. The maximum Gasteiger partial charge on any atom is 0.122 e. The summed E-state index contributed by atoms with van der Waals surface area (Å²) in [4.78, 5) is 0. The Hall–Kier alpha value is -0.690. The van der Waals surface area contributed by atoms with Gasteiger partial charge < -0.3 is 4.74 Å². The molecule has 2 atom stereocenters. The van der Waals surface area contributed by atoms with Crippen molar-refractivity contribution in [1.29, 1.82) is 0 Å². The topological polar surface area (TPSA) is 9.23 Å². The largest absolute Gasteiger partial charge is 0.496 e. The predicted molar refractivity (Wildman–Crippen MR) is 79.6 cm³/mol. The van der Waals surface area contributed by atoms with Crippen molar-refractivity contribution in [2.75, 3.05) is 13.0 Å². The van der Waals surface area contributed by atoms with Crippen LogP contribution in [0.3, 0.4) is 0 Å². The van der Waals surface area contributed by atoms with Crippen LogP contribution in [-0.2, 0) is 6.42 Å². The standard InChI is InChI=1S/C16H25ClO/c1-4-7-13(2)10-14(12-17)11-15-8-5-6-9-16(15)18-3/h5-6,8-9,13-14H,4,7,10-12H2,1-3H3. The Morgan fingerprint density at radius 2 is 2.00 bits per heavy atom. The van der Waals surface area contributed by atoms with Crippen molar-refractivity contribution < 1.29 is 4.74 Å². The molecular weight excluding hydrogens is 244 g/mol. The molecule has 1 nitrogen and oxygen atoms in total. The van der Waals surface area contributed by atoms with Crippen LogP contribution in [0.25, 0.3) is 0 Å². The number of ether oxygens (including phenoxy) is 1. The predicted octanol–water partition coefficient (Wildman–Crippen LogP) is 4.92. The summed E-state index contributed by atoms with van der Waals surface area (Å²) in [7, 11) is 1.73. The lowest BCUT2D eigenvalue weighted by atomic mass is 9.89. The third-order valence-corrected chi connectivity index (χ3v) is 3.87. The summed E-state index contributed by atoms with van der Waals surface area (Å²) in [5.74, 6) is 3.01. The monoisotopic (exact) mass is 268 g/mol. The van der Waals surface area contributed by atoms with E-state index in [2.05, 4.69) is 26.0 Å². The van der Waals surface area contributed by atoms with E-state index in [1.807, 2.05) is 12.1 Å². The molecule has 0 heterocycles. The molecule has 18 heavy (non-hydrogen) atoms. The molecule has 0 amide bonds. The molecule has 0 fully saturated rings. The van der Waals surface area contributed by atoms with Crippen LogP contribution in [0, 0.1) is 11.8 Å². The van der Waals surface area contributed by atoms with Crippen molar-refractivity contribution >= 4 is 11.6 Å². The van der Waals surface area contributed by atoms with Gasteiger partial charge in [0.15, 0.2) is 0 Å². The second-order valence-electron chi connectivity index (χ2n) is 5.17. The van der Waals surface area contributed by atoms with Gasteiger partial charge in [0.25, 0.3) is 0 Å². The van der Waals surface area contributed by atoms with Gasteiger partial charge in [-0.1, -0.05) is 44.9 Å². The van der Waals surface area contributed by atoms with Crippen LogP contribution in [0.2, 0.25) is 0 Å². The van der Waals surface area contributed by atoms with Gasteiger partial charge in [0.1, 0.15) is 5.75 Å². The Bertz CT molecular complexity index is 338. The highest BCUT2D eigenvalue weighted by Gasteiger charge is 2.14. The van der Waals surface area contributed by atoms with Crippen molar-refractivity contribution in [1.82, 2.24) is 0 Å². The van der Waals surface area contributed by atoms with Crippen molar-refractivity contribution in [3.05, 3.63) is 29.8 Å². The van der Waals surface area contributed by atoms with Gasteiger partial charge >= 0.3 is 0 Å². The summed E-state index contributed by atoms with van der Waals surface area (Å²) in [5.41, 5.74) is 1.27. The zero-order valence-electron chi connectivity index (χ0n) is 11.8. The minimum Gasteiger partial charge on any atom is -0.496 e. The molecule has 0 aromatic heterocycles. The van der Waals surface area contributed by atoms with E-state index >= 15 is 0 Å². The second kappa shape index (κ2) is 8.42. The molecule has 0 saturated heterocycles. The molecule has 1 aromatic carbocycles. The van der Waals surface area contributed by atoms with E-state index < -0.39 is 0 Å². The smallest absolute Gasteiger partial charge is 0.122 e. The lowest BCUT2D eigenvalue weighted by molar-refractivity contribution is 0.379. The molecule has 0 bridgehead atoms. The average molecular weight is 269 g/mol. The van der Waals surface area contributed by atoms with E-state index in [1.54, 1.807) is 7.11 Å². The molecule has 0 saturated carbocycles. The third-order valence-electron chi connectivity index (χ3n) is 3.44. The summed E-state index contributed by atoms with van der Waals surface area (Å²) in [5, 5.41) is 0. The number of rotatable bonds is 8. The average Bonchev–Trinajstić information content (AvgIpc) is 2.38. The van der Waals surface area contributed by atoms with Crippen LogP contribution in [0.5, 0.6) is 5.75 Å². The van der Waals surface area contributed by atoms with Crippen LogP contribution in [0.4, 0.5) is 0 Å². The first-order chi connectivity index (χ1) is 8.71. The molecule has 0 radical (unpaired) electrons. The molecule has 1 rings (SSSR count). The van der Waals surface area contributed by atoms with Crippen LogP contribution in [0.15, 0.2) is 24.3 Å². The summed E-state index contributed by atoms with van der Waals surface area (Å²) in [6.45, 7) is 4.57. The molecule has 102 valence electrons. The van der Waals surface area contributed by atoms with Gasteiger partial charge in [-0.3, -0.25) is 0 Å². The highest BCUT2D eigenvalue weighted by Crippen LogP contribution is 2.26. The van der Waals surface area contributed by atoms with Gasteiger partial charge in [0, 0.05) is 5.88 Å². The number of alkyl halides is 1. The maximum absolute atomic E-state index is 6.12. The molecule has 0 spiro atoms. The van der Waals surface area contributed by atoms with E-state index in [0.29, 0.717) is 5.92 Å². The van der Waals surface area contributed by atoms with E-state index in [9.17, 15) is 0 Å². The Morgan fingerprint density at radius 1 is 1.28 bits per heavy atom. The van der Waals surface area contributed by atoms with Crippen LogP contribution >= 0.6 is 11.6 Å². The highest BCUT2D eigenvalue weighted by molar-refractivity contribution is 6.18. The van der Waals surface area contributed by atoms with Crippen LogP contribution < -0.4 is 4.74 Å². The lowest BCUT2D eigenvalue weighted by Gasteiger charge is -2.19. The lowest BCUT2D eigenvalue weighted by Crippen LogP contribution is -2.12. The summed E-state index contributed by atoms with van der Waals surface area (Å²) in [6.07, 6.45) is 4.76. The Labute approximate surface area is 116 Å². The van der Waals surface area contributed by atoms with Crippen LogP contribution in [0.1, 0.15) is 38.7 Å². The fourth-order valence-corrected chi connectivity index (χ4v) is 2.80. The Morgan fingerprint density at radius 3 is 2.61 bits per heavy atom. The van der Waals surface area contributed by atoms with E-state index in [0.717, 1.165) is 24.0 Å². The number of methoxy groups -OCH3 is 1. The Balaban J connectivity index is 2.61.